The van der Waals surface area contributed by atoms with E-state index in [1.54, 1.807) is 12.3 Å². The number of hydrogen-bond donors (Lipinski definition) is 2. The van der Waals surface area contributed by atoms with E-state index in [0.29, 0.717) is 35.5 Å². The van der Waals surface area contributed by atoms with Crippen molar-refractivity contribution >= 4 is 32.7 Å². The van der Waals surface area contributed by atoms with Crippen LogP contribution in [0.5, 0.6) is 0 Å². The number of pyridine rings is 1. The normalized spacial score (nSPS) is 33.1. The van der Waals surface area contributed by atoms with Gasteiger partial charge < -0.3 is 14.8 Å². The van der Waals surface area contributed by atoms with Gasteiger partial charge in [0.1, 0.15) is 11.9 Å². The van der Waals surface area contributed by atoms with Gasteiger partial charge >= 0.3 is 0 Å². The summed E-state index contributed by atoms with van der Waals surface area (Å²) in [6.45, 7) is 0. The van der Waals surface area contributed by atoms with Gasteiger partial charge in [-0.05, 0) is 67.3 Å². The van der Waals surface area contributed by atoms with Crippen LogP contribution in [0.3, 0.4) is 0 Å². The average molecular weight is 445 g/mol. The fourth-order valence-corrected chi connectivity index (χ4v) is 6.12. The number of hydrogen-bond acceptors (Lipinski definition) is 6. The summed E-state index contributed by atoms with van der Waals surface area (Å²) in [4.78, 5) is 7.16. The summed E-state index contributed by atoms with van der Waals surface area (Å²) in [7, 11) is 0. The third-order valence-electron chi connectivity index (χ3n) is 6.93. The van der Waals surface area contributed by atoms with Crippen LogP contribution in [-0.4, -0.2) is 45.3 Å². The van der Waals surface area contributed by atoms with Gasteiger partial charge in [0.05, 0.1) is 16.8 Å². The molecule has 1 aliphatic carbocycles. The van der Waals surface area contributed by atoms with Crippen molar-refractivity contribution in [1.82, 2.24) is 9.88 Å². The molecule has 1 unspecified atom stereocenters. The van der Waals surface area contributed by atoms with E-state index in [4.69, 9.17) is 9.68 Å². The molecule has 2 N–H and O–H groups in total. The van der Waals surface area contributed by atoms with Gasteiger partial charge in [-0.2, -0.15) is 5.26 Å². The number of fused-ring (bicyclic) bond motifs is 3. The van der Waals surface area contributed by atoms with Crippen molar-refractivity contribution in [1.29, 1.82) is 5.26 Å². The molecule has 2 aromatic heterocycles. The molecule has 28 heavy (non-hydrogen) atoms. The molecule has 2 aromatic rings. The molecule has 7 heteroatoms. The van der Waals surface area contributed by atoms with E-state index in [-0.39, 0.29) is 6.10 Å². The van der Waals surface area contributed by atoms with Crippen molar-refractivity contribution in [2.45, 2.75) is 81.6 Å². The number of nitriles is 1. The van der Waals surface area contributed by atoms with Crippen molar-refractivity contribution in [3.05, 3.63) is 22.5 Å². The van der Waals surface area contributed by atoms with E-state index in [2.05, 4.69) is 31.1 Å². The van der Waals surface area contributed by atoms with E-state index < -0.39 is 0 Å². The maximum absolute atomic E-state index is 10.4. The zero-order valence-corrected chi connectivity index (χ0v) is 17.4. The summed E-state index contributed by atoms with van der Waals surface area (Å²) in [5.74, 6) is 1.11. The molecule has 2 saturated heterocycles. The zero-order chi connectivity index (χ0) is 19.3. The molecular weight excluding hydrogens is 420 g/mol. The maximum atomic E-state index is 10.4. The fourth-order valence-electron chi connectivity index (χ4n) is 5.59. The Bertz CT molecular complexity index is 915. The second kappa shape index (κ2) is 7.33. The number of halogens is 1. The third-order valence-corrected chi connectivity index (χ3v) is 7.73. The van der Waals surface area contributed by atoms with E-state index in [0.717, 1.165) is 47.8 Å². The number of anilines is 1. The first-order valence-electron chi connectivity index (χ1n) is 10.3. The Hall–Kier alpha value is -1.62. The molecule has 2 aliphatic heterocycles. The summed E-state index contributed by atoms with van der Waals surface area (Å²) in [6.07, 6.45) is 10.7. The largest absolute Gasteiger partial charge is 0.444 e. The Morgan fingerprint density at radius 1 is 1.14 bits per heavy atom. The predicted molar refractivity (Wildman–Crippen MR) is 110 cm³/mol. The minimum atomic E-state index is -0.130. The molecule has 0 spiro atoms. The fraction of sp³-hybridized carbons (Fsp3) is 0.619. The number of piperidine rings is 1. The summed E-state index contributed by atoms with van der Waals surface area (Å²) in [6, 6.07) is 5.87. The standard InChI is InChI=1S/C21H25BrN4O2/c22-20-16-9-15(10-23)28-19(16)11-24-21(20)25-12-1-3-13(4-2-12)26-14-5-7-17(26)18(27)8-6-14/h9,11-14,17-18,27H,1-8H2,(H,24,25)/t12?,13?,14-,17+,18?/m1/s1. The molecule has 6 nitrogen and oxygen atoms in total. The first-order chi connectivity index (χ1) is 13.6. The molecule has 3 aliphatic rings. The highest BCUT2D eigenvalue weighted by Crippen LogP contribution is 2.41. The minimum absolute atomic E-state index is 0.130. The second-order valence-electron chi connectivity index (χ2n) is 8.46. The van der Waals surface area contributed by atoms with Gasteiger partial charge in [-0.25, -0.2) is 4.98 Å². The quantitative estimate of drug-likeness (QED) is 0.738. The van der Waals surface area contributed by atoms with E-state index >= 15 is 0 Å². The van der Waals surface area contributed by atoms with Gasteiger partial charge in [0.2, 0.25) is 5.76 Å². The van der Waals surface area contributed by atoms with Crippen LogP contribution in [0.2, 0.25) is 0 Å². The number of aliphatic hydroxyl groups excluding tert-OH is 1. The van der Waals surface area contributed by atoms with Crippen molar-refractivity contribution in [2.24, 2.45) is 0 Å². The molecule has 1 saturated carbocycles. The van der Waals surface area contributed by atoms with Crippen LogP contribution in [0.1, 0.15) is 57.1 Å². The SMILES string of the molecule is N#Cc1cc2c(Br)c(NC3CCC(N4[C@H]5CCC(O)[C@@H]4CC5)CC3)ncc2o1. The van der Waals surface area contributed by atoms with Crippen LogP contribution in [0.25, 0.3) is 11.0 Å². The Balaban J connectivity index is 1.25. The Morgan fingerprint density at radius 2 is 1.86 bits per heavy atom. The molecule has 0 radical (unpaired) electrons. The summed E-state index contributed by atoms with van der Waals surface area (Å²) in [5, 5.41) is 23.9. The molecule has 3 fully saturated rings. The van der Waals surface area contributed by atoms with Gasteiger partial charge in [-0.3, -0.25) is 4.90 Å². The highest BCUT2D eigenvalue weighted by atomic mass is 79.9. The predicted octanol–water partition coefficient (Wildman–Crippen LogP) is 4.17. The smallest absolute Gasteiger partial charge is 0.204 e. The Labute approximate surface area is 173 Å². The summed E-state index contributed by atoms with van der Waals surface area (Å²) in [5.41, 5.74) is 0.622. The van der Waals surface area contributed by atoms with Crippen molar-refractivity contribution in [2.75, 3.05) is 5.32 Å². The lowest BCUT2D eigenvalue weighted by molar-refractivity contribution is -0.0198. The zero-order valence-electron chi connectivity index (χ0n) is 15.8. The van der Waals surface area contributed by atoms with Crippen molar-refractivity contribution < 1.29 is 9.52 Å². The summed E-state index contributed by atoms with van der Waals surface area (Å²) < 4.78 is 6.31. The van der Waals surface area contributed by atoms with Crippen LogP contribution >= 0.6 is 15.9 Å². The molecular formula is C21H25BrN4O2. The lowest BCUT2D eigenvalue weighted by Crippen LogP contribution is -2.53. The topological polar surface area (TPSA) is 85.3 Å². The summed E-state index contributed by atoms with van der Waals surface area (Å²) >= 11 is 3.63. The van der Waals surface area contributed by atoms with Gasteiger partial charge in [-0.15, -0.1) is 0 Å². The van der Waals surface area contributed by atoms with E-state index in [1.807, 2.05) is 6.07 Å². The molecule has 0 aromatic carbocycles. The van der Waals surface area contributed by atoms with E-state index in [9.17, 15) is 5.11 Å². The first-order valence-corrected chi connectivity index (χ1v) is 11.1. The monoisotopic (exact) mass is 444 g/mol. The molecule has 5 rings (SSSR count). The molecule has 4 heterocycles. The van der Waals surface area contributed by atoms with Crippen molar-refractivity contribution in [3.63, 3.8) is 0 Å². The van der Waals surface area contributed by atoms with E-state index in [1.165, 1.54) is 19.3 Å². The highest BCUT2D eigenvalue weighted by molar-refractivity contribution is 9.10. The lowest BCUT2D eigenvalue weighted by Gasteiger charge is -2.45. The Morgan fingerprint density at radius 3 is 2.61 bits per heavy atom. The number of furan rings is 1. The van der Waals surface area contributed by atoms with Crippen LogP contribution < -0.4 is 5.32 Å². The first kappa shape index (κ1) is 18.4. The average Bonchev–Trinajstić information content (AvgIpc) is 3.28. The van der Waals surface area contributed by atoms with Gasteiger partial charge in [0.15, 0.2) is 5.58 Å². The number of aliphatic hydroxyl groups is 1. The number of nitrogens with one attached hydrogen (secondary N) is 1. The Kier molecular flexibility index (Phi) is 4.82. The molecule has 148 valence electrons. The van der Waals surface area contributed by atoms with Crippen LogP contribution in [0, 0.1) is 11.3 Å². The number of rotatable bonds is 3. The third kappa shape index (κ3) is 3.12. The van der Waals surface area contributed by atoms with Gasteiger partial charge in [-0.1, -0.05) is 0 Å². The minimum Gasteiger partial charge on any atom is -0.444 e. The molecule has 2 bridgehead atoms. The van der Waals surface area contributed by atoms with Gasteiger partial charge in [0.25, 0.3) is 0 Å². The van der Waals surface area contributed by atoms with Crippen LogP contribution in [0.4, 0.5) is 5.82 Å². The molecule has 0 amide bonds. The molecule has 3 atom stereocenters. The number of aromatic nitrogens is 1. The van der Waals surface area contributed by atoms with Crippen LogP contribution in [0.15, 0.2) is 21.2 Å². The number of nitrogens with zero attached hydrogens (tertiary/aromatic N) is 3. The second-order valence-corrected chi connectivity index (χ2v) is 9.25. The van der Waals surface area contributed by atoms with Crippen molar-refractivity contribution in [3.8, 4) is 6.07 Å². The van der Waals surface area contributed by atoms with Crippen LogP contribution in [-0.2, 0) is 0 Å². The maximum Gasteiger partial charge on any atom is 0.204 e. The van der Waals surface area contributed by atoms with Gasteiger partial charge in [0, 0.05) is 35.6 Å². The highest BCUT2D eigenvalue weighted by Gasteiger charge is 2.45. The lowest BCUT2D eigenvalue weighted by atomic mass is 9.87.